The maximum Gasteiger partial charge on any atom is 0.243 e. The zero-order chi connectivity index (χ0) is 16.6. The fourth-order valence-electron chi connectivity index (χ4n) is 3.52. The van der Waals surface area contributed by atoms with Crippen LogP contribution in [0.1, 0.15) is 51.0 Å². The average molecular weight is 336 g/mol. The third-order valence-electron chi connectivity index (χ3n) is 4.77. The van der Waals surface area contributed by atoms with Crippen molar-refractivity contribution in [2.45, 2.75) is 50.3 Å². The maximum absolute atomic E-state index is 12.9. The molecule has 0 radical (unpaired) electrons. The highest BCUT2D eigenvalue weighted by molar-refractivity contribution is 7.89. The smallest absolute Gasteiger partial charge is 0.243 e. The van der Waals surface area contributed by atoms with Crippen molar-refractivity contribution >= 4 is 21.6 Å². The number of nitrogens with one attached hydrogen (secondary N) is 1. The van der Waals surface area contributed by atoms with Gasteiger partial charge < -0.3 is 5.32 Å². The van der Waals surface area contributed by atoms with E-state index < -0.39 is 10.0 Å². The molecule has 0 aromatic heterocycles. The van der Waals surface area contributed by atoms with E-state index in [4.69, 9.17) is 0 Å². The van der Waals surface area contributed by atoms with Crippen molar-refractivity contribution in [3.63, 3.8) is 0 Å². The summed E-state index contributed by atoms with van der Waals surface area (Å²) in [4.78, 5) is 12.4. The van der Waals surface area contributed by atoms with E-state index in [1.165, 1.54) is 0 Å². The molecule has 23 heavy (non-hydrogen) atoms. The van der Waals surface area contributed by atoms with Crippen molar-refractivity contribution in [1.29, 1.82) is 0 Å². The molecule has 1 aromatic carbocycles. The molecule has 6 heteroatoms. The van der Waals surface area contributed by atoms with Gasteiger partial charge in [0.25, 0.3) is 0 Å². The zero-order valence-corrected chi connectivity index (χ0v) is 14.5. The first-order valence-corrected chi connectivity index (χ1v) is 9.80. The van der Waals surface area contributed by atoms with Crippen molar-refractivity contribution in [1.82, 2.24) is 4.31 Å². The molecule has 2 heterocycles. The van der Waals surface area contributed by atoms with E-state index in [1.807, 2.05) is 13.8 Å². The van der Waals surface area contributed by atoms with E-state index in [0.29, 0.717) is 18.0 Å². The van der Waals surface area contributed by atoms with Gasteiger partial charge in [0.1, 0.15) is 0 Å². The molecule has 126 valence electrons. The van der Waals surface area contributed by atoms with Crippen LogP contribution in [0, 0.1) is 5.92 Å². The van der Waals surface area contributed by atoms with Gasteiger partial charge in [-0.25, -0.2) is 8.42 Å². The molecule has 1 aromatic rings. The molecule has 0 aliphatic carbocycles. The zero-order valence-electron chi connectivity index (χ0n) is 13.7. The molecular formula is C17H24N2O3S. The van der Waals surface area contributed by atoms with Gasteiger partial charge in [0.05, 0.1) is 10.8 Å². The molecule has 1 atom stereocenters. The number of sulfonamides is 1. The summed E-state index contributed by atoms with van der Waals surface area (Å²) in [5, 5.41) is 2.85. The second-order valence-electron chi connectivity index (χ2n) is 6.78. The number of hydrogen-bond acceptors (Lipinski definition) is 3. The van der Waals surface area contributed by atoms with E-state index >= 15 is 0 Å². The Balaban J connectivity index is 1.97. The Hall–Kier alpha value is -1.40. The highest BCUT2D eigenvalue weighted by Crippen LogP contribution is 2.38. The van der Waals surface area contributed by atoms with Crippen LogP contribution < -0.4 is 5.32 Å². The van der Waals surface area contributed by atoms with E-state index in [9.17, 15) is 13.2 Å². The van der Waals surface area contributed by atoms with E-state index in [2.05, 4.69) is 5.32 Å². The normalized spacial score (nSPS) is 22.7. The molecular weight excluding hydrogens is 312 g/mol. The molecule has 5 nitrogen and oxygen atoms in total. The van der Waals surface area contributed by atoms with Gasteiger partial charge in [-0.15, -0.1) is 0 Å². The number of amides is 1. The second-order valence-corrected chi connectivity index (χ2v) is 8.72. The molecule has 0 spiro atoms. The van der Waals surface area contributed by atoms with Crippen LogP contribution in [0.3, 0.4) is 0 Å². The van der Waals surface area contributed by atoms with Crippen LogP contribution in [0.25, 0.3) is 0 Å². The summed E-state index contributed by atoms with van der Waals surface area (Å²) in [5.41, 5.74) is 1.55. The SMILES string of the molecule is CC(C)[C@@H]1C(=O)Nc2ccc(S(=O)(=O)N3CCCCCC3)cc21. The Labute approximate surface area is 138 Å². The molecule has 1 N–H and O–H groups in total. The van der Waals surface area contributed by atoms with E-state index in [-0.39, 0.29) is 17.7 Å². The quantitative estimate of drug-likeness (QED) is 0.923. The van der Waals surface area contributed by atoms with Crippen molar-refractivity contribution in [2.75, 3.05) is 18.4 Å². The first kappa shape index (κ1) is 16.5. The van der Waals surface area contributed by atoms with Crippen molar-refractivity contribution in [3.05, 3.63) is 23.8 Å². The number of fused-ring (bicyclic) bond motifs is 1. The van der Waals surface area contributed by atoms with E-state index in [0.717, 1.165) is 36.9 Å². The third-order valence-corrected chi connectivity index (χ3v) is 6.66. The topological polar surface area (TPSA) is 66.5 Å². The molecule has 1 fully saturated rings. The molecule has 1 amide bonds. The lowest BCUT2D eigenvalue weighted by molar-refractivity contribution is -0.117. The first-order chi connectivity index (χ1) is 10.9. The molecule has 0 unspecified atom stereocenters. The number of benzene rings is 1. The van der Waals surface area contributed by atoms with Gasteiger partial charge in [0.15, 0.2) is 0 Å². The predicted molar refractivity (Wildman–Crippen MR) is 89.9 cm³/mol. The molecule has 2 aliphatic heterocycles. The number of carbonyl (C=O) groups is 1. The minimum absolute atomic E-state index is 0.0423. The summed E-state index contributed by atoms with van der Waals surface area (Å²) in [6, 6.07) is 5.03. The predicted octanol–water partition coefficient (Wildman–Crippen LogP) is 2.94. The molecule has 0 bridgehead atoms. The molecule has 1 saturated heterocycles. The van der Waals surface area contributed by atoms with Gasteiger partial charge in [-0.2, -0.15) is 4.31 Å². The fourth-order valence-corrected chi connectivity index (χ4v) is 5.07. The summed E-state index contributed by atoms with van der Waals surface area (Å²) in [7, 11) is -3.48. The molecule has 3 rings (SSSR count). The van der Waals surface area contributed by atoms with Crippen molar-refractivity contribution in [3.8, 4) is 0 Å². The molecule has 0 saturated carbocycles. The Morgan fingerprint density at radius 3 is 2.39 bits per heavy atom. The van der Waals surface area contributed by atoms with Crippen LogP contribution in [-0.4, -0.2) is 31.7 Å². The number of hydrogen-bond donors (Lipinski definition) is 1. The number of nitrogens with zero attached hydrogens (tertiary/aromatic N) is 1. The summed E-state index contributed by atoms with van der Waals surface area (Å²) in [6.07, 6.45) is 4.01. The van der Waals surface area contributed by atoms with Crippen LogP contribution in [0.15, 0.2) is 23.1 Å². The minimum Gasteiger partial charge on any atom is -0.325 e. The lowest BCUT2D eigenvalue weighted by Gasteiger charge is -2.21. The van der Waals surface area contributed by atoms with Crippen molar-refractivity contribution < 1.29 is 13.2 Å². The summed E-state index contributed by atoms with van der Waals surface area (Å²) in [6.45, 7) is 5.14. The Morgan fingerprint density at radius 2 is 1.78 bits per heavy atom. The number of rotatable bonds is 3. The highest BCUT2D eigenvalue weighted by Gasteiger charge is 2.35. The van der Waals surface area contributed by atoms with Gasteiger partial charge in [0, 0.05) is 18.8 Å². The number of anilines is 1. The summed E-state index contributed by atoms with van der Waals surface area (Å²) in [5.74, 6) is -0.184. The third kappa shape index (κ3) is 3.02. The van der Waals surface area contributed by atoms with Gasteiger partial charge in [-0.05, 0) is 42.5 Å². The van der Waals surface area contributed by atoms with Crippen LogP contribution in [0.4, 0.5) is 5.69 Å². The van der Waals surface area contributed by atoms with Crippen LogP contribution in [0.5, 0.6) is 0 Å². The second kappa shape index (κ2) is 6.24. The standard InChI is InChI=1S/C17H24N2O3S/c1-12(2)16-14-11-13(7-8-15(14)18-17(16)20)23(21,22)19-9-5-3-4-6-10-19/h7-8,11-12,16H,3-6,9-10H2,1-2H3,(H,18,20)/t16-/m0/s1. The van der Waals surface area contributed by atoms with Crippen LogP contribution in [0.2, 0.25) is 0 Å². The monoisotopic (exact) mass is 336 g/mol. The lowest BCUT2D eigenvalue weighted by Crippen LogP contribution is -2.32. The Bertz CT molecular complexity index is 705. The Kier molecular flexibility index (Phi) is 4.47. The van der Waals surface area contributed by atoms with E-state index in [1.54, 1.807) is 22.5 Å². The maximum atomic E-state index is 12.9. The van der Waals surface area contributed by atoms with Gasteiger partial charge in [-0.1, -0.05) is 26.7 Å². The number of carbonyl (C=O) groups excluding carboxylic acids is 1. The highest BCUT2D eigenvalue weighted by atomic mass is 32.2. The van der Waals surface area contributed by atoms with Crippen molar-refractivity contribution in [2.24, 2.45) is 5.92 Å². The average Bonchev–Trinajstić information content (AvgIpc) is 2.66. The lowest BCUT2D eigenvalue weighted by atomic mass is 9.90. The van der Waals surface area contributed by atoms with Gasteiger partial charge >= 0.3 is 0 Å². The summed E-state index contributed by atoms with van der Waals surface area (Å²) < 4.78 is 27.4. The first-order valence-electron chi connectivity index (χ1n) is 8.36. The summed E-state index contributed by atoms with van der Waals surface area (Å²) >= 11 is 0. The minimum atomic E-state index is -3.48. The van der Waals surface area contributed by atoms with Gasteiger partial charge in [0.2, 0.25) is 15.9 Å². The van der Waals surface area contributed by atoms with Crippen LogP contribution >= 0.6 is 0 Å². The van der Waals surface area contributed by atoms with Crippen LogP contribution in [-0.2, 0) is 14.8 Å². The largest absolute Gasteiger partial charge is 0.325 e. The van der Waals surface area contributed by atoms with Gasteiger partial charge in [-0.3, -0.25) is 4.79 Å². The Morgan fingerprint density at radius 1 is 1.13 bits per heavy atom. The molecule has 2 aliphatic rings. The fraction of sp³-hybridized carbons (Fsp3) is 0.588.